The SMILES string of the molecule is Cc1cccc(CNc2cc3c(cc2Cl)NC(=O)C3)c1C. The molecule has 3 rings (SSSR count). The smallest absolute Gasteiger partial charge is 0.228 e. The number of hydrogen-bond donors (Lipinski definition) is 2. The van der Waals surface area contributed by atoms with Crippen molar-refractivity contribution in [3.63, 3.8) is 0 Å². The molecule has 3 nitrogen and oxygen atoms in total. The van der Waals surface area contributed by atoms with Crippen LogP contribution < -0.4 is 10.6 Å². The normalized spacial score (nSPS) is 13.0. The number of rotatable bonds is 3. The number of carbonyl (C=O) groups is 1. The van der Waals surface area contributed by atoms with Gasteiger partial charge in [-0.2, -0.15) is 0 Å². The van der Waals surface area contributed by atoms with E-state index in [4.69, 9.17) is 11.6 Å². The summed E-state index contributed by atoms with van der Waals surface area (Å²) < 4.78 is 0. The van der Waals surface area contributed by atoms with Gasteiger partial charge in [0.2, 0.25) is 5.91 Å². The minimum atomic E-state index is 0.0211. The lowest BCUT2D eigenvalue weighted by atomic mass is 10.0. The fourth-order valence-corrected chi connectivity index (χ4v) is 2.81. The lowest BCUT2D eigenvalue weighted by molar-refractivity contribution is -0.115. The van der Waals surface area contributed by atoms with Crippen molar-refractivity contribution in [3.05, 3.63) is 57.6 Å². The Morgan fingerprint density at radius 3 is 2.90 bits per heavy atom. The quantitative estimate of drug-likeness (QED) is 0.897. The Kier molecular flexibility index (Phi) is 3.60. The zero-order chi connectivity index (χ0) is 15.0. The van der Waals surface area contributed by atoms with E-state index in [1.54, 1.807) is 0 Å². The molecule has 108 valence electrons. The summed E-state index contributed by atoms with van der Waals surface area (Å²) in [4.78, 5) is 11.4. The van der Waals surface area contributed by atoms with Gasteiger partial charge in [0.1, 0.15) is 0 Å². The highest BCUT2D eigenvalue weighted by Gasteiger charge is 2.19. The third-order valence-corrected chi connectivity index (χ3v) is 4.32. The van der Waals surface area contributed by atoms with E-state index in [1.807, 2.05) is 12.1 Å². The van der Waals surface area contributed by atoms with Crippen LogP contribution in [0.25, 0.3) is 0 Å². The molecule has 0 unspecified atom stereocenters. The number of carbonyl (C=O) groups excluding carboxylic acids is 1. The number of nitrogens with one attached hydrogen (secondary N) is 2. The average molecular weight is 301 g/mol. The maximum atomic E-state index is 11.4. The zero-order valence-electron chi connectivity index (χ0n) is 12.1. The highest BCUT2D eigenvalue weighted by Crippen LogP contribution is 2.33. The van der Waals surface area contributed by atoms with E-state index in [-0.39, 0.29) is 5.91 Å². The lowest BCUT2D eigenvalue weighted by Crippen LogP contribution is -2.03. The summed E-state index contributed by atoms with van der Waals surface area (Å²) in [6, 6.07) is 10.1. The van der Waals surface area contributed by atoms with Gasteiger partial charge < -0.3 is 10.6 Å². The monoisotopic (exact) mass is 300 g/mol. The molecule has 0 saturated carbocycles. The first-order chi connectivity index (χ1) is 10.0. The third-order valence-electron chi connectivity index (χ3n) is 4.00. The number of hydrogen-bond acceptors (Lipinski definition) is 2. The topological polar surface area (TPSA) is 41.1 Å². The number of fused-ring (bicyclic) bond motifs is 1. The number of halogens is 1. The number of aryl methyl sites for hydroxylation is 1. The van der Waals surface area contributed by atoms with Crippen LogP contribution in [0.4, 0.5) is 11.4 Å². The van der Waals surface area contributed by atoms with Gasteiger partial charge in [-0.05, 0) is 48.2 Å². The second-order valence-corrected chi connectivity index (χ2v) is 5.83. The van der Waals surface area contributed by atoms with Crippen LogP contribution in [0.5, 0.6) is 0 Å². The van der Waals surface area contributed by atoms with Gasteiger partial charge in [-0.25, -0.2) is 0 Å². The van der Waals surface area contributed by atoms with Crippen LogP contribution in [0.2, 0.25) is 5.02 Å². The molecule has 0 fully saturated rings. The van der Waals surface area contributed by atoms with Crippen molar-refractivity contribution in [3.8, 4) is 0 Å². The molecule has 1 aliphatic heterocycles. The van der Waals surface area contributed by atoms with E-state index in [9.17, 15) is 4.79 Å². The largest absolute Gasteiger partial charge is 0.380 e. The molecule has 0 bridgehead atoms. The molecule has 0 aliphatic carbocycles. The van der Waals surface area contributed by atoms with Gasteiger partial charge in [-0.15, -0.1) is 0 Å². The van der Waals surface area contributed by atoms with Crippen molar-refractivity contribution < 1.29 is 4.79 Å². The Morgan fingerprint density at radius 1 is 1.29 bits per heavy atom. The van der Waals surface area contributed by atoms with Crippen LogP contribution in [0, 0.1) is 13.8 Å². The molecule has 0 atom stereocenters. The predicted octanol–water partition coefficient (Wildman–Crippen LogP) is 4.06. The van der Waals surface area contributed by atoms with Crippen molar-refractivity contribution in [2.45, 2.75) is 26.8 Å². The molecule has 2 aromatic carbocycles. The van der Waals surface area contributed by atoms with Crippen LogP contribution in [0.15, 0.2) is 30.3 Å². The first-order valence-electron chi connectivity index (χ1n) is 6.96. The number of anilines is 2. The summed E-state index contributed by atoms with van der Waals surface area (Å²) in [6.07, 6.45) is 0.421. The lowest BCUT2D eigenvalue weighted by Gasteiger charge is -2.13. The van der Waals surface area contributed by atoms with Crippen molar-refractivity contribution in [2.24, 2.45) is 0 Å². The molecule has 1 heterocycles. The molecular formula is C17H17ClN2O. The van der Waals surface area contributed by atoms with Gasteiger partial charge in [0, 0.05) is 12.2 Å². The third kappa shape index (κ3) is 2.74. The first-order valence-corrected chi connectivity index (χ1v) is 7.33. The molecule has 21 heavy (non-hydrogen) atoms. The Balaban J connectivity index is 1.81. The number of amides is 1. The second kappa shape index (κ2) is 5.41. The van der Waals surface area contributed by atoms with Crippen molar-refractivity contribution in [1.82, 2.24) is 0 Å². The first kappa shape index (κ1) is 14.0. The van der Waals surface area contributed by atoms with Gasteiger partial charge in [-0.1, -0.05) is 29.8 Å². The summed E-state index contributed by atoms with van der Waals surface area (Å²) in [5.74, 6) is 0.0211. The molecule has 1 aliphatic rings. The van der Waals surface area contributed by atoms with E-state index < -0.39 is 0 Å². The Labute approximate surface area is 129 Å². The van der Waals surface area contributed by atoms with Gasteiger partial charge in [0.15, 0.2) is 0 Å². The van der Waals surface area contributed by atoms with E-state index in [0.29, 0.717) is 18.0 Å². The molecule has 4 heteroatoms. The van der Waals surface area contributed by atoms with E-state index in [0.717, 1.165) is 16.9 Å². The summed E-state index contributed by atoms with van der Waals surface area (Å²) in [5.41, 5.74) is 6.51. The van der Waals surface area contributed by atoms with Crippen LogP contribution in [0.1, 0.15) is 22.3 Å². The summed E-state index contributed by atoms with van der Waals surface area (Å²) in [6.45, 7) is 4.95. The Bertz CT molecular complexity index is 725. The summed E-state index contributed by atoms with van der Waals surface area (Å²) in [7, 11) is 0. The predicted molar refractivity (Wildman–Crippen MR) is 87.0 cm³/mol. The molecule has 0 aromatic heterocycles. The molecule has 0 spiro atoms. The minimum absolute atomic E-state index is 0.0211. The van der Waals surface area contributed by atoms with E-state index in [2.05, 4.69) is 42.7 Å². The molecule has 0 radical (unpaired) electrons. The fraction of sp³-hybridized carbons (Fsp3) is 0.235. The van der Waals surface area contributed by atoms with E-state index >= 15 is 0 Å². The maximum absolute atomic E-state index is 11.4. The number of benzene rings is 2. The fourth-order valence-electron chi connectivity index (χ4n) is 2.58. The molecule has 2 N–H and O–H groups in total. The zero-order valence-corrected chi connectivity index (χ0v) is 12.8. The highest BCUT2D eigenvalue weighted by molar-refractivity contribution is 6.33. The van der Waals surface area contributed by atoms with Gasteiger partial charge in [-0.3, -0.25) is 4.79 Å². The molecular weight excluding hydrogens is 284 g/mol. The maximum Gasteiger partial charge on any atom is 0.228 e. The standard InChI is InChI=1S/C17H17ClN2O/c1-10-4-3-5-12(11(10)2)9-19-16-6-13-7-17(21)20-15(13)8-14(16)18/h3-6,8,19H,7,9H2,1-2H3,(H,20,21). The van der Waals surface area contributed by atoms with E-state index in [1.165, 1.54) is 16.7 Å². The van der Waals surface area contributed by atoms with Crippen LogP contribution >= 0.6 is 11.6 Å². The Morgan fingerprint density at radius 2 is 2.10 bits per heavy atom. The minimum Gasteiger partial charge on any atom is -0.380 e. The highest BCUT2D eigenvalue weighted by atomic mass is 35.5. The van der Waals surface area contributed by atoms with Crippen molar-refractivity contribution >= 4 is 28.9 Å². The molecule has 2 aromatic rings. The van der Waals surface area contributed by atoms with Crippen molar-refractivity contribution in [1.29, 1.82) is 0 Å². The van der Waals surface area contributed by atoms with Gasteiger partial charge in [0.25, 0.3) is 0 Å². The average Bonchev–Trinajstić information content (AvgIpc) is 2.79. The summed E-state index contributed by atoms with van der Waals surface area (Å²) >= 11 is 6.28. The molecule has 0 saturated heterocycles. The van der Waals surface area contributed by atoms with Crippen LogP contribution in [-0.4, -0.2) is 5.91 Å². The van der Waals surface area contributed by atoms with Crippen LogP contribution in [-0.2, 0) is 17.8 Å². The van der Waals surface area contributed by atoms with Crippen molar-refractivity contribution in [2.75, 3.05) is 10.6 Å². The van der Waals surface area contributed by atoms with Gasteiger partial charge >= 0.3 is 0 Å². The second-order valence-electron chi connectivity index (χ2n) is 5.43. The van der Waals surface area contributed by atoms with Gasteiger partial charge in [0.05, 0.1) is 17.1 Å². The Hall–Kier alpha value is -2.00. The van der Waals surface area contributed by atoms with Crippen LogP contribution in [0.3, 0.4) is 0 Å². The molecule has 1 amide bonds. The summed E-state index contributed by atoms with van der Waals surface area (Å²) in [5, 5.41) is 6.80.